The second-order valence-corrected chi connectivity index (χ2v) is 6.16. The van der Waals surface area contributed by atoms with Gasteiger partial charge in [-0.3, -0.25) is 4.79 Å². The quantitative estimate of drug-likeness (QED) is 0.635. The summed E-state index contributed by atoms with van der Waals surface area (Å²) in [4.78, 5) is 11.2. The summed E-state index contributed by atoms with van der Waals surface area (Å²) < 4.78 is 34.9. The molecule has 0 aromatic heterocycles. The zero-order chi connectivity index (χ0) is 14.2. The predicted molar refractivity (Wildman–Crippen MR) is 67.9 cm³/mol. The third-order valence-electron chi connectivity index (χ3n) is 2.74. The van der Waals surface area contributed by atoms with Crippen molar-refractivity contribution in [3.8, 4) is 0 Å². The van der Waals surface area contributed by atoms with E-state index in [0.717, 1.165) is 31.0 Å². The van der Waals surface area contributed by atoms with Gasteiger partial charge < -0.3 is 5.11 Å². The number of unbranched alkanes of at least 4 members (excludes halogenated alkanes) is 2. The monoisotopic (exact) mass is 286 g/mol. The molecule has 0 aromatic rings. The van der Waals surface area contributed by atoms with Gasteiger partial charge in [0.15, 0.2) is 0 Å². The van der Waals surface area contributed by atoms with Gasteiger partial charge in [-0.2, -0.15) is 13.2 Å². The zero-order valence-electron chi connectivity index (χ0n) is 10.8. The van der Waals surface area contributed by atoms with E-state index in [9.17, 15) is 18.0 Å². The van der Waals surface area contributed by atoms with Crippen LogP contribution in [0.1, 0.15) is 52.4 Å². The summed E-state index contributed by atoms with van der Waals surface area (Å²) in [6, 6.07) is 0. The van der Waals surface area contributed by atoms with Gasteiger partial charge in [0, 0.05) is 6.42 Å². The summed E-state index contributed by atoms with van der Waals surface area (Å²) in [7, 11) is 0. The highest BCUT2D eigenvalue weighted by Gasteiger charge is 2.33. The lowest BCUT2D eigenvalue weighted by atomic mass is 10.0. The smallest absolute Gasteiger partial charge is 0.389 e. The fraction of sp³-hybridized carbons (Fsp3) is 0.917. The molecule has 0 fully saturated rings. The van der Waals surface area contributed by atoms with Crippen LogP contribution in [0, 0.1) is 0 Å². The maximum absolute atomic E-state index is 12.0. The van der Waals surface area contributed by atoms with Crippen LogP contribution in [0.5, 0.6) is 0 Å². The minimum atomic E-state index is -4.15. The van der Waals surface area contributed by atoms with Crippen molar-refractivity contribution in [2.45, 2.75) is 63.3 Å². The number of halogens is 3. The highest BCUT2D eigenvalue weighted by molar-refractivity contribution is 8.01. The molecule has 0 rings (SSSR count). The average Bonchev–Trinajstić information content (AvgIpc) is 2.23. The number of aliphatic carboxylic acids is 1. The maximum Gasteiger partial charge on any atom is 0.389 e. The summed E-state index contributed by atoms with van der Waals surface area (Å²) in [5.74, 6) is -0.704. The van der Waals surface area contributed by atoms with Crippen LogP contribution in [-0.2, 0) is 4.79 Å². The van der Waals surface area contributed by atoms with Crippen molar-refractivity contribution >= 4 is 17.7 Å². The van der Waals surface area contributed by atoms with Crippen LogP contribution >= 0.6 is 11.8 Å². The molecule has 1 atom stereocenters. The minimum absolute atomic E-state index is 0.0230. The molecule has 6 heteroatoms. The SMILES string of the molecule is CCCCCC(C)(SCCCC(F)(F)F)C(=O)O. The van der Waals surface area contributed by atoms with E-state index >= 15 is 0 Å². The Hall–Kier alpha value is -0.390. The van der Waals surface area contributed by atoms with E-state index in [1.165, 1.54) is 0 Å². The van der Waals surface area contributed by atoms with Gasteiger partial charge in [-0.15, -0.1) is 11.8 Å². The van der Waals surface area contributed by atoms with Crippen LogP contribution in [0.4, 0.5) is 13.2 Å². The van der Waals surface area contributed by atoms with E-state index in [1.807, 2.05) is 6.92 Å². The Morgan fingerprint density at radius 1 is 1.17 bits per heavy atom. The molecule has 0 spiro atoms. The average molecular weight is 286 g/mol. The van der Waals surface area contributed by atoms with E-state index in [4.69, 9.17) is 5.11 Å². The minimum Gasteiger partial charge on any atom is -0.480 e. The van der Waals surface area contributed by atoms with E-state index in [0.29, 0.717) is 6.42 Å². The van der Waals surface area contributed by atoms with E-state index in [-0.39, 0.29) is 12.2 Å². The van der Waals surface area contributed by atoms with Crippen molar-refractivity contribution in [1.82, 2.24) is 0 Å². The largest absolute Gasteiger partial charge is 0.480 e. The summed E-state index contributed by atoms with van der Waals surface area (Å²) >= 11 is 1.12. The molecule has 0 heterocycles. The lowest BCUT2D eigenvalue weighted by Gasteiger charge is -2.24. The first-order chi connectivity index (χ1) is 8.21. The summed E-state index contributed by atoms with van der Waals surface area (Å²) in [5, 5.41) is 9.15. The van der Waals surface area contributed by atoms with Crippen molar-refractivity contribution in [3.63, 3.8) is 0 Å². The summed E-state index contributed by atoms with van der Waals surface area (Å²) in [6.45, 7) is 3.62. The molecule has 1 N–H and O–H groups in total. The number of rotatable bonds is 9. The van der Waals surface area contributed by atoms with E-state index in [2.05, 4.69) is 0 Å². The zero-order valence-corrected chi connectivity index (χ0v) is 11.7. The molecular formula is C12H21F3O2S. The first-order valence-electron chi connectivity index (χ1n) is 6.15. The first kappa shape index (κ1) is 17.6. The fourth-order valence-electron chi connectivity index (χ4n) is 1.52. The number of carboxylic acids is 1. The maximum atomic E-state index is 12.0. The van der Waals surface area contributed by atoms with E-state index < -0.39 is 23.3 Å². The molecule has 108 valence electrons. The molecule has 0 bridgehead atoms. The molecule has 0 aliphatic heterocycles. The van der Waals surface area contributed by atoms with Crippen molar-refractivity contribution < 1.29 is 23.1 Å². The highest BCUT2D eigenvalue weighted by Crippen LogP contribution is 2.33. The molecule has 0 saturated carbocycles. The Bertz CT molecular complexity index is 256. The standard InChI is InChI=1S/C12H21F3O2S/c1-3-4-5-7-11(2,10(16)17)18-9-6-8-12(13,14)15/h3-9H2,1-2H3,(H,16,17). The Morgan fingerprint density at radius 2 is 1.78 bits per heavy atom. The molecule has 0 aliphatic carbocycles. The topological polar surface area (TPSA) is 37.3 Å². The fourth-order valence-corrected chi connectivity index (χ4v) is 2.67. The molecular weight excluding hydrogens is 265 g/mol. The Balaban J connectivity index is 4.07. The Kier molecular flexibility index (Phi) is 7.75. The number of hydrogen-bond acceptors (Lipinski definition) is 2. The Morgan fingerprint density at radius 3 is 2.22 bits per heavy atom. The Labute approximate surface area is 110 Å². The molecule has 0 amide bonds. The summed E-state index contributed by atoms with van der Waals surface area (Å²) in [6.07, 6.45) is -1.77. The highest BCUT2D eigenvalue weighted by atomic mass is 32.2. The van der Waals surface area contributed by atoms with Gasteiger partial charge in [0.25, 0.3) is 0 Å². The molecule has 1 unspecified atom stereocenters. The second kappa shape index (κ2) is 7.92. The van der Waals surface area contributed by atoms with Crippen molar-refractivity contribution in [3.05, 3.63) is 0 Å². The molecule has 18 heavy (non-hydrogen) atoms. The van der Waals surface area contributed by atoms with Crippen LogP contribution in [0.3, 0.4) is 0 Å². The third-order valence-corrected chi connectivity index (χ3v) is 4.24. The first-order valence-corrected chi connectivity index (χ1v) is 7.14. The number of hydrogen-bond donors (Lipinski definition) is 1. The lowest BCUT2D eigenvalue weighted by molar-refractivity contribution is -0.139. The number of thioether (sulfide) groups is 1. The van der Waals surface area contributed by atoms with Gasteiger partial charge in [-0.25, -0.2) is 0 Å². The van der Waals surface area contributed by atoms with Gasteiger partial charge in [-0.05, 0) is 25.5 Å². The van der Waals surface area contributed by atoms with Gasteiger partial charge >= 0.3 is 12.1 Å². The molecule has 0 radical (unpaired) electrons. The van der Waals surface area contributed by atoms with Crippen molar-refractivity contribution in [2.24, 2.45) is 0 Å². The van der Waals surface area contributed by atoms with Gasteiger partial charge in [-0.1, -0.05) is 26.2 Å². The van der Waals surface area contributed by atoms with Crippen LogP contribution < -0.4 is 0 Å². The summed E-state index contributed by atoms with van der Waals surface area (Å²) in [5.41, 5.74) is 0. The van der Waals surface area contributed by atoms with Crippen molar-refractivity contribution in [2.75, 3.05) is 5.75 Å². The van der Waals surface area contributed by atoms with Crippen LogP contribution in [0.2, 0.25) is 0 Å². The van der Waals surface area contributed by atoms with Gasteiger partial charge in [0.1, 0.15) is 4.75 Å². The van der Waals surface area contributed by atoms with E-state index in [1.54, 1.807) is 6.92 Å². The van der Waals surface area contributed by atoms with Gasteiger partial charge in [0.2, 0.25) is 0 Å². The second-order valence-electron chi connectivity index (χ2n) is 4.56. The third kappa shape index (κ3) is 7.84. The molecule has 0 aliphatic rings. The molecule has 2 nitrogen and oxygen atoms in total. The number of carbonyl (C=O) groups is 1. The van der Waals surface area contributed by atoms with Crippen molar-refractivity contribution in [1.29, 1.82) is 0 Å². The number of carboxylic acid groups (broad SMARTS) is 1. The lowest BCUT2D eigenvalue weighted by Crippen LogP contribution is -2.32. The predicted octanol–water partition coefficient (Wildman–Crippen LogP) is 4.49. The van der Waals surface area contributed by atoms with Crippen LogP contribution in [0.25, 0.3) is 0 Å². The number of alkyl halides is 3. The normalized spacial score (nSPS) is 15.4. The van der Waals surface area contributed by atoms with Crippen LogP contribution in [0.15, 0.2) is 0 Å². The van der Waals surface area contributed by atoms with Gasteiger partial charge in [0.05, 0.1) is 0 Å². The van der Waals surface area contributed by atoms with Crippen LogP contribution in [-0.4, -0.2) is 27.8 Å². The molecule has 0 aromatic carbocycles. The molecule has 0 saturated heterocycles.